The first-order valence-electron chi connectivity index (χ1n) is 6.46. The van der Waals surface area contributed by atoms with Crippen LogP contribution in [0.2, 0.25) is 0 Å². The van der Waals surface area contributed by atoms with E-state index in [1.807, 2.05) is 18.2 Å². The lowest BCUT2D eigenvalue weighted by Crippen LogP contribution is -2.13. The molecule has 1 aromatic carbocycles. The number of carbonyl (C=O) groups excluding carboxylic acids is 1. The molecule has 18 heavy (non-hydrogen) atoms. The van der Waals surface area contributed by atoms with Crippen molar-refractivity contribution in [3.05, 3.63) is 48.0 Å². The highest BCUT2D eigenvalue weighted by atomic mass is 16.5. The second-order valence-corrected chi connectivity index (χ2v) is 4.70. The van der Waals surface area contributed by atoms with Crippen molar-refractivity contribution in [3.63, 3.8) is 0 Å². The lowest BCUT2D eigenvalue weighted by molar-refractivity contribution is -0.138. The van der Waals surface area contributed by atoms with E-state index in [2.05, 4.69) is 32.6 Å². The van der Waals surface area contributed by atoms with E-state index in [-0.39, 0.29) is 5.97 Å². The fraction of sp³-hybridized carbons (Fsp3) is 0.438. The van der Waals surface area contributed by atoms with Crippen LogP contribution in [0.5, 0.6) is 0 Å². The van der Waals surface area contributed by atoms with Gasteiger partial charge in [-0.1, -0.05) is 50.8 Å². The normalized spacial score (nSPS) is 13.7. The van der Waals surface area contributed by atoms with Gasteiger partial charge in [0.2, 0.25) is 0 Å². The van der Waals surface area contributed by atoms with Crippen LogP contribution in [-0.2, 0) is 9.53 Å². The lowest BCUT2D eigenvalue weighted by atomic mass is 9.85. The van der Waals surface area contributed by atoms with Gasteiger partial charge in [0, 0.05) is 5.57 Å². The molecule has 1 aromatic rings. The Morgan fingerprint density at radius 1 is 1.28 bits per heavy atom. The van der Waals surface area contributed by atoms with Crippen LogP contribution in [0.1, 0.15) is 38.7 Å². The van der Waals surface area contributed by atoms with Crippen LogP contribution >= 0.6 is 0 Å². The number of carbonyl (C=O) groups is 1. The molecule has 0 fully saturated rings. The fourth-order valence-corrected chi connectivity index (χ4v) is 1.97. The van der Waals surface area contributed by atoms with Crippen molar-refractivity contribution < 1.29 is 9.53 Å². The van der Waals surface area contributed by atoms with Crippen molar-refractivity contribution in [2.45, 2.75) is 33.1 Å². The smallest absolute Gasteiger partial charge is 0.333 e. The summed E-state index contributed by atoms with van der Waals surface area (Å²) in [5.41, 5.74) is 1.86. The van der Waals surface area contributed by atoms with Crippen molar-refractivity contribution in [2.24, 2.45) is 5.92 Å². The Morgan fingerprint density at radius 2 is 1.89 bits per heavy atom. The van der Waals surface area contributed by atoms with E-state index in [1.165, 1.54) is 5.56 Å². The molecule has 0 amide bonds. The van der Waals surface area contributed by atoms with E-state index in [4.69, 9.17) is 4.74 Å². The molecule has 0 saturated heterocycles. The Labute approximate surface area is 110 Å². The Morgan fingerprint density at radius 3 is 2.44 bits per heavy atom. The summed E-state index contributed by atoms with van der Waals surface area (Å²) in [6.45, 7) is 10.3. The molecule has 0 saturated carbocycles. The quantitative estimate of drug-likeness (QED) is 0.561. The van der Waals surface area contributed by atoms with Crippen molar-refractivity contribution in [2.75, 3.05) is 6.61 Å². The minimum absolute atomic E-state index is 0.274. The van der Waals surface area contributed by atoms with Crippen LogP contribution < -0.4 is 0 Å². The number of rotatable bonds is 6. The number of esters is 1. The van der Waals surface area contributed by atoms with Crippen LogP contribution in [0.4, 0.5) is 0 Å². The second kappa shape index (κ2) is 7.00. The molecule has 2 heteroatoms. The van der Waals surface area contributed by atoms with Gasteiger partial charge in [-0.15, -0.1) is 0 Å². The highest BCUT2D eigenvalue weighted by Crippen LogP contribution is 2.28. The van der Waals surface area contributed by atoms with E-state index in [0.29, 0.717) is 30.4 Å². The Kier molecular flexibility index (Phi) is 5.63. The lowest BCUT2D eigenvalue weighted by Gasteiger charge is -2.20. The molecular weight excluding hydrogens is 224 g/mol. The van der Waals surface area contributed by atoms with Gasteiger partial charge in [-0.3, -0.25) is 0 Å². The third kappa shape index (κ3) is 4.02. The highest BCUT2D eigenvalue weighted by molar-refractivity contribution is 5.87. The van der Waals surface area contributed by atoms with Crippen LogP contribution in [0, 0.1) is 5.92 Å². The average molecular weight is 246 g/mol. The molecule has 0 heterocycles. The molecule has 0 N–H and O–H groups in total. The maximum atomic E-state index is 11.5. The van der Waals surface area contributed by atoms with Crippen molar-refractivity contribution in [1.29, 1.82) is 0 Å². The van der Waals surface area contributed by atoms with Crippen LogP contribution in [0.3, 0.4) is 0 Å². The molecular formula is C16H22O2. The first kappa shape index (κ1) is 14.5. The molecule has 0 aromatic heterocycles. The molecule has 2 atom stereocenters. The second-order valence-electron chi connectivity index (χ2n) is 4.70. The van der Waals surface area contributed by atoms with Gasteiger partial charge in [0.05, 0.1) is 6.61 Å². The summed E-state index contributed by atoms with van der Waals surface area (Å²) in [7, 11) is 0. The van der Waals surface area contributed by atoms with Crippen molar-refractivity contribution in [3.8, 4) is 0 Å². The van der Waals surface area contributed by atoms with Crippen molar-refractivity contribution in [1.82, 2.24) is 0 Å². The topological polar surface area (TPSA) is 26.3 Å². The molecule has 98 valence electrons. The molecule has 0 aliphatic carbocycles. The molecule has 0 radical (unpaired) electrons. The fourth-order valence-electron chi connectivity index (χ4n) is 1.97. The maximum absolute atomic E-state index is 11.5. The summed E-state index contributed by atoms with van der Waals surface area (Å²) in [5, 5.41) is 0. The predicted molar refractivity (Wildman–Crippen MR) is 74.4 cm³/mol. The third-order valence-corrected chi connectivity index (χ3v) is 3.31. The number of benzene rings is 1. The zero-order valence-electron chi connectivity index (χ0n) is 11.5. The van der Waals surface area contributed by atoms with E-state index >= 15 is 0 Å². The van der Waals surface area contributed by atoms with Gasteiger partial charge in [0.25, 0.3) is 0 Å². The minimum Gasteiger partial charge on any atom is -0.463 e. The summed E-state index contributed by atoms with van der Waals surface area (Å²) >= 11 is 0. The highest BCUT2D eigenvalue weighted by Gasteiger charge is 2.18. The Balaban J connectivity index is 2.58. The third-order valence-electron chi connectivity index (χ3n) is 3.31. The summed E-state index contributed by atoms with van der Waals surface area (Å²) in [4.78, 5) is 11.5. The first-order chi connectivity index (χ1) is 8.56. The Hall–Kier alpha value is -1.57. The van der Waals surface area contributed by atoms with Gasteiger partial charge in [-0.25, -0.2) is 4.79 Å². The molecule has 0 unspecified atom stereocenters. The molecule has 0 aliphatic heterocycles. The van der Waals surface area contributed by atoms with E-state index in [0.717, 1.165) is 0 Å². The first-order valence-corrected chi connectivity index (χ1v) is 6.46. The SMILES string of the molecule is C=C(C[C@H](C)[C@H](C)c1ccccc1)C(=O)OCC. The Bertz CT molecular complexity index is 395. The van der Waals surface area contributed by atoms with Gasteiger partial charge in [0.1, 0.15) is 0 Å². The van der Waals surface area contributed by atoms with Crippen LogP contribution in [0.25, 0.3) is 0 Å². The summed E-state index contributed by atoms with van der Waals surface area (Å²) in [6.07, 6.45) is 0.675. The zero-order valence-corrected chi connectivity index (χ0v) is 11.5. The van der Waals surface area contributed by atoms with Crippen LogP contribution in [-0.4, -0.2) is 12.6 Å². The van der Waals surface area contributed by atoms with Gasteiger partial charge >= 0.3 is 5.97 Å². The van der Waals surface area contributed by atoms with E-state index in [9.17, 15) is 4.79 Å². The van der Waals surface area contributed by atoms with Crippen molar-refractivity contribution >= 4 is 5.97 Å². The number of hydrogen-bond donors (Lipinski definition) is 0. The summed E-state index contributed by atoms with van der Waals surface area (Å²) in [5.74, 6) is 0.492. The predicted octanol–water partition coefficient (Wildman–Crippen LogP) is 3.94. The van der Waals surface area contributed by atoms with E-state index < -0.39 is 0 Å². The van der Waals surface area contributed by atoms with Crippen LogP contribution in [0.15, 0.2) is 42.5 Å². The standard InChI is InChI=1S/C16H22O2/c1-5-18-16(17)13(3)11-12(2)14(4)15-9-7-6-8-10-15/h6-10,12,14H,3,5,11H2,1-2,4H3/t12-,14-/m0/s1. The van der Waals surface area contributed by atoms with Gasteiger partial charge in [-0.2, -0.15) is 0 Å². The molecule has 0 bridgehead atoms. The number of ether oxygens (including phenoxy) is 1. The number of hydrogen-bond acceptors (Lipinski definition) is 2. The molecule has 0 spiro atoms. The average Bonchev–Trinajstić information content (AvgIpc) is 2.39. The maximum Gasteiger partial charge on any atom is 0.333 e. The van der Waals surface area contributed by atoms with Gasteiger partial charge in [0.15, 0.2) is 0 Å². The van der Waals surface area contributed by atoms with Gasteiger partial charge in [-0.05, 0) is 30.7 Å². The zero-order chi connectivity index (χ0) is 13.5. The molecule has 2 nitrogen and oxygen atoms in total. The summed E-state index contributed by atoms with van der Waals surface area (Å²) in [6, 6.07) is 10.3. The van der Waals surface area contributed by atoms with Gasteiger partial charge < -0.3 is 4.74 Å². The largest absolute Gasteiger partial charge is 0.463 e. The summed E-state index contributed by atoms with van der Waals surface area (Å²) < 4.78 is 4.95. The van der Waals surface area contributed by atoms with E-state index in [1.54, 1.807) is 6.92 Å². The molecule has 0 aliphatic rings. The molecule has 1 rings (SSSR count). The minimum atomic E-state index is -0.274. The monoisotopic (exact) mass is 246 g/mol.